The molecule has 29 heavy (non-hydrogen) atoms. The fourth-order valence-corrected chi connectivity index (χ4v) is 4.81. The van der Waals surface area contributed by atoms with Crippen molar-refractivity contribution in [2.24, 2.45) is 5.41 Å². The van der Waals surface area contributed by atoms with Crippen LogP contribution < -0.4 is 10.1 Å². The second-order valence-electron chi connectivity index (χ2n) is 8.25. The molecule has 0 bridgehead atoms. The van der Waals surface area contributed by atoms with E-state index in [9.17, 15) is 0 Å². The minimum absolute atomic E-state index is 0.0817. The van der Waals surface area contributed by atoms with Gasteiger partial charge in [0.15, 0.2) is 0 Å². The SMILES string of the molecule is Clc1cccc(CC2(COc3ccc4c(c3)[nH]c3ccccc34)CCCNC2)c1. The van der Waals surface area contributed by atoms with Crippen LogP contribution in [0.15, 0.2) is 66.7 Å². The van der Waals surface area contributed by atoms with Crippen LogP contribution >= 0.6 is 11.6 Å². The Morgan fingerprint density at radius 1 is 0.931 bits per heavy atom. The van der Waals surface area contributed by atoms with Crippen molar-refractivity contribution in [3.8, 4) is 5.75 Å². The third-order valence-corrected chi connectivity index (χ3v) is 6.29. The molecule has 148 valence electrons. The quantitative estimate of drug-likeness (QED) is 0.430. The number of benzene rings is 3. The topological polar surface area (TPSA) is 37.0 Å². The summed E-state index contributed by atoms with van der Waals surface area (Å²) < 4.78 is 6.36. The molecular formula is C25H25ClN2O. The standard InChI is InChI=1S/C25H25ClN2O/c26-19-6-3-5-18(13-19)15-25(11-4-12-27-16-25)17-29-20-9-10-22-21-7-1-2-8-23(21)28-24(22)14-20/h1-3,5-10,13-14,27-28H,4,11-12,15-17H2. The predicted molar refractivity (Wildman–Crippen MR) is 121 cm³/mol. The van der Waals surface area contributed by atoms with Gasteiger partial charge in [-0.2, -0.15) is 0 Å². The number of piperidine rings is 1. The van der Waals surface area contributed by atoms with Crippen molar-refractivity contribution in [1.82, 2.24) is 10.3 Å². The van der Waals surface area contributed by atoms with Gasteiger partial charge in [0.25, 0.3) is 0 Å². The lowest BCUT2D eigenvalue weighted by Gasteiger charge is -2.37. The lowest BCUT2D eigenvalue weighted by Crippen LogP contribution is -2.45. The first kappa shape index (κ1) is 18.5. The van der Waals surface area contributed by atoms with E-state index in [1.54, 1.807) is 0 Å². The molecule has 5 rings (SSSR count). The molecule has 0 saturated carbocycles. The van der Waals surface area contributed by atoms with Crippen LogP contribution in [0.2, 0.25) is 5.02 Å². The summed E-state index contributed by atoms with van der Waals surface area (Å²) in [4.78, 5) is 3.50. The summed E-state index contributed by atoms with van der Waals surface area (Å²) in [6, 6.07) is 23.0. The molecule has 4 heteroatoms. The Hall–Kier alpha value is -2.49. The van der Waals surface area contributed by atoms with E-state index in [0.29, 0.717) is 6.61 Å². The van der Waals surface area contributed by atoms with Crippen LogP contribution in [0.3, 0.4) is 0 Å². The highest BCUT2D eigenvalue weighted by molar-refractivity contribution is 6.30. The maximum Gasteiger partial charge on any atom is 0.121 e. The van der Waals surface area contributed by atoms with E-state index in [-0.39, 0.29) is 5.41 Å². The fourth-order valence-electron chi connectivity index (χ4n) is 4.60. The maximum absolute atomic E-state index is 6.36. The van der Waals surface area contributed by atoms with Crippen molar-refractivity contribution >= 4 is 33.4 Å². The number of ether oxygens (including phenoxy) is 1. The summed E-state index contributed by atoms with van der Waals surface area (Å²) in [7, 11) is 0. The summed E-state index contributed by atoms with van der Waals surface area (Å²) in [5.74, 6) is 0.917. The minimum Gasteiger partial charge on any atom is -0.493 e. The predicted octanol–water partition coefficient (Wildman–Crippen LogP) is 5.97. The number of H-pyrrole nitrogens is 1. The monoisotopic (exact) mass is 404 g/mol. The molecule has 1 aromatic heterocycles. The first-order valence-corrected chi connectivity index (χ1v) is 10.7. The normalized spacial score (nSPS) is 19.6. The Morgan fingerprint density at radius 3 is 2.69 bits per heavy atom. The summed E-state index contributed by atoms with van der Waals surface area (Å²) >= 11 is 6.22. The van der Waals surface area contributed by atoms with Crippen LogP contribution in [0, 0.1) is 5.41 Å². The van der Waals surface area contributed by atoms with Crippen LogP contribution in [0.5, 0.6) is 5.75 Å². The van der Waals surface area contributed by atoms with Gasteiger partial charge < -0.3 is 15.0 Å². The summed E-state index contributed by atoms with van der Waals surface area (Å²) in [6.45, 7) is 2.74. The van der Waals surface area contributed by atoms with E-state index in [2.05, 4.69) is 64.9 Å². The molecule has 0 spiro atoms. The molecular weight excluding hydrogens is 380 g/mol. The smallest absolute Gasteiger partial charge is 0.121 e. The van der Waals surface area contributed by atoms with Gasteiger partial charge in [0.2, 0.25) is 0 Å². The van der Waals surface area contributed by atoms with Gasteiger partial charge in [-0.3, -0.25) is 0 Å². The highest BCUT2D eigenvalue weighted by atomic mass is 35.5. The molecule has 2 heterocycles. The third kappa shape index (κ3) is 3.85. The zero-order chi connectivity index (χ0) is 19.7. The van der Waals surface area contributed by atoms with Crippen LogP contribution in [-0.4, -0.2) is 24.7 Å². The Labute approximate surface area is 176 Å². The van der Waals surface area contributed by atoms with E-state index in [0.717, 1.165) is 47.7 Å². The van der Waals surface area contributed by atoms with Gasteiger partial charge in [-0.25, -0.2) is 0 Å². The molecule has 3 nitrogen and oxygen atoms in total. The first-order chi connectivity index (χ1) is 14.2. The summed E-state index contributed by atoms with van der Waals surface area (Å²) in [6.07, 6.45) is 3.29. The van der Waals surface area contributed by atoms with Gasteiger partial charge in [-0.15, -0.1) is 0 Å². The zero-order valence-electron chi connectivity index (χ0n) is 16.4. The van der Waals surface area contributed by atoms with Gasteiger partial charge in [0, 0.05) is 39.3 Å². The third-order valence-electron chi connectivity index (χ3n) is 6.05. The number of halogens is 1. The molecule has 3 aromatic carbocycles. The zero-order valence-corrected chi connectivity index (χ0v) is 17.1. The van der Waals surface area contributed by atoms with Crippen molar-refractivity contribution in [2.75, 3.05) is 19.7 Å². The molecule has 4 aromatic rings. The lowest BCUT2D eigenvalue weighted by atomic mass is 9.76. The van der Waals surface area contributed by atoms with Crippen molar-refractivity contribution in [2.45, 2.75) is 19.3 Å². The molecule has 1 unspecified atom stereocenters. The Morgan fingerprint density at radius 2 is 1.83 bits per heavy atom. The first-order valence-electron chi connectivity index (χ1n) is 10.3. The number of fused-ring (bicyclic) bond motifs is 3. The van der Waals surface area contributed by atoms with E-state index in [1.165, 1.54) is 22.8 Å². The van der Waals surface area contributed by atoms with E-state index in [1.807, 2.05) is 12.1 Å². The highest BCUT2D eigenvalue weighted by Gasteiger charge is 2.33. The number of hydrogen-bond acceptors (Lipinski definition) is 2. The Bertz CT molecular complexity index is 1140. The second-order valence-corrected chi connectivity index (χ2v) is 8.69. The molecule has 1 aliphatic heterocycles. The van der Waals surface area contributed by atoms with Crippen molar-refractivity contribution < 1.29 is 4.74 Å². The Balaban J connectivity index is 1.38. The van der Waals surface area contributed by atoms with E-state index in [4.69, 9.17) is 16.3 Å². The van der Waals surface area contributed by atoms with Gasteiger partial charge in [-0.05, 0) is 61.7 Å². The van der Waals surface area contributed by atoms with Crippen molar-refractivity contribution in [3.63, 3.8) is 0 Å². The van der Waals surface area contributed by atoms with Gasteiger partial charge in [0.1, 0.15) is 5.75 Å². The molecule has 2 N–H and O–H groups in total. The summed E-state index contributed by atoms with van der Waals surface area (Å²) in [5.41, 5.74) is 3.64. The van der Waals surface area contributed by atoms with Crippen molar-refractivity contribution in [3.05, 3.63) is 77.3 Å². The molecule has 0 radical (unpaired) electrons. The average molecular weight is 405 g/mol. The van der Waals surface area contributed by atoms with Crippen LogP contribution in [0.4, 0.5) is 0 Å². The van der Waals surface area contributed by atoms with Gasteiger partial charge >= 0.3 is 0 Å². The molecule has 0 aliphatic carbocycles. The fraction of sp³-hybridized carbons (Fsp3) is 0.280. The average Bonchev–Trinajstić information content (AvgIpc) is 3.11. The number of rotatable bonds is 5. The molecule has 1 saturated heterocycles. The van der Waals surface area contributed by atoms with Crippen molar-refractivity contribution in [1.29, 1.82) is 0 Å². The number of hydrogen-bond donors (Lipinski definition) is 2. The summed E-state index contributed by atoms with van der Waals surface area (Å²) in [5, 5.41) is 6.86. The molecule has 1 atom stereocenters. The molecule has 0 amide bonds. The Kier molecular flexibility index (Phi) is 4.94. The van der Waals surface area contributed by atoms with E-state index >= 15 is 0 Å². The number of nitrogens with one attached hydrogen (secondary N) is 2. The van der Waals surface area contributed by atoms with E-state index < -0.39 is 0 Å². The second kappa shape index (κ2) is 7.74. The maximum atomic E-state index is 6.36. The lowest BCUT2D eigenvalue weighted by molar-refractivity contribution is 0.110. The minimum atomic E-state index is 0.0817. The molecule has 1 fully saturated rings. The number of aromatic nitrogens is 1. The highest BCUT2D eigenvalue weighted by Crippen LogP contribution is 2.34. The number of aromatic amines is 1. The largest absolute Gasteiger partial charge is 0.493 e. The van der Waals surface area contributed by atoms with Crippen LogP contribution in [-0.2, 0) is 6.42 Å². The molecule has 1 aliphatic rings. The van der Waals surface area contributed by atoms with Gasteiger partial charge in [-0.1, -0.05) is 41.9 Å². The van der Waals surface area contributed by atoms with Gasteiger partial charge in [0.05, 0.1) is 12.1 Å². The van der Waals surface area contributed by atoms with Crippen LogP contribution in [0.25, 0.3) is 21.8 Å². The van der Waals surface area contributed by atoms with Crippen LogP contribution in [0.1, 0.15) is 18.4 Å². The number of para-hydroxylation sites is 1.